The highest BCUT2D eigenvalue weighted by atomic mass is 32.2. The van der Waals surface area contributed by atoms with Crippen molar-refractivity contribution in [3.8, 4) is 11.6 Å². The standard InChI is InChI=1S/C30H43N3O7S/c1-5-7-8-22(6-2)18-39-29(35)13-14-41-27-15-24(37-19-23-9-10-23)11-12-25(27)32-30(36)26-16-28(33-40-26)38-17-20(3)31-21(4)34/h11-12,15-16,20,22-23H,5-10,13-14,17-19H2,1-4H3,(H,31,34)(H,32,36)/t20-,22?/m0/s1. The van der Waals surface area contributed by atoms with Crippen molar-refractivity contribution in [3.05, 3.63) is 30.0 Å². The molecule has 2 amide bonds. The van der Waals surface area contributed by atoms with Crippen LogP contribution >= 0.6 is 11.8 Å². The van der Waals surface area contributed by atoms with E-state index in [1.54, 1.807) is 13.0 Å². The normalized spacial score (nSPS) is 14.1. The van der Waals surface area contributed by atoms with Crippen molar-refractivity contribution in [2.75, 3.05) is 30.9 Å². The van der Waals surface area contributed by atoms with Gasteiger partial charge in [-0.15, -0.1) is 11.8 Å². The van der Waals surface area contributed by atoms with Crippen molar-refractivity contribution >= 4 is 35.2 Å². The lowest BCUT2D eigenvalue weighted by Crippen LogP contribution is -2.35. The number of aromatic nitrogens is 1. The van der Waals surface area contributed by atoms with Crippen molar-refractivity contribution in [1.29, 1.82) is 0 Å². The van der Waals surface area contributed by atoms with Gasteiger partial charge in [0.1, 0.15) is 12.4 Å². The summed E-state index contributed by atoms with van der Waals surface area (Å²) < 4.78 is 22.2. The Morgan fingerprint density at radius 3 is 2.66 bits per heavy atom. The zero-order valence-electron chi connectivity index (χ0n) is 24.5. The van der Waals surface area contributed by atoms with Crippen LogP contribution in [0.3, 0.4) is 0 Å². The minimum atomic E-state index is -0.493. The Morgan fingerprint density at radius 2 is 1.95 bits per heavy atom. The lowest BCUT2D eigenvalue weighted by molar-refractivity contribution is -0.144. The van der Waals surface area contributed by atoms with E-state index in [0.717, 1.165) is 30.6 Å². The van der Waals surface area contributed by atoms with Crippen LogP contribution in [0.2, 0.25) is 0 Å². The molecule has 0 spiro atoms. The summed E-state index contributed by atoms with van der Waals surface area (Å²) in [5, 5.41) is 9.36. The zero-order valence-corrected chi connectivity index (χ0v) is 25.3. The molecule has 10 nitrogen and oxygen atoms in total. The number of carbonyl (C=O) groups excluding carboxylic acids is 3. The summed E-state index contributed by atoms with van der Waals surface area (Å²) in [7, 11) is 0. The highest BCUT2D eigenvalue weighted by Crippen LogP contribution is 2.34. The number of benzene rings is 1. The fraction of sp³-hybridized carbons (Fsp3) is 0.600. The van der Waals surface area contributed by atoms with Crippen LogP contribution < -0.4 is 20.1 Å². The fourth-order valence-corrected chi connectivity index (χ4v) is 4.92. The summed E-state index contributed by atoms with van der Waals surface area (Å²) >= 11 is 1.45. The Hall–Kier alpha value is -3.21. The molecule has 0 saturated heterocycles. The first-order valence-corrected chi connectivity index (χ1v) is 15.5. The molecule has 1 fully saturated rings. The third-order valence-electron chi connectivity index (χ3n) is 6.61. The largest absolute Gasteiger partial charge is 0.493 e. The van der Waals surface area contributed by atoms with Crippen LogP contribution in [-0.2, 0) is 14.3 Å². The predicted octanol–water partition coefficient (Wildman–Crippen LogP) is 5.86. The Kier molecular flexibility index (Phi) is 13.3. The topological polar surface area (TPSA) is 129 Å². The molecule has 11 heteroatoms. The second-order valence-corrected chi connectivity index (χ2v) is 11.6. The Balaban J connectivity index is 1.57. The first-order valence-electron chi connectivity index (χ1n) is 14.5. The number of hydrogen-bond acceptors (Lipinski definition) is 9. The smallest absolute Gasteiger partial charge is 0.306 e. The van der Waals surface area contributed by atoms with Crippen LogP contribution in [0.4, 0.5) is 5.69 Å². The molecule has 226 valence electrons. The van der Waals surface area contributed by atoms with Crippen LogP contribution in [0.1, 0.15) is 83.2 Å². The van der Waals surface area contributed by atoms with Gasteiger partial charge in [0.2, 0.25) is 11.7 Å². The Morgan fingerprint density at radius 1 is 1.15 bits per heavy atom. The van der Waals surface area contributed by atoms with E-state index in [9.17, 15) is 14.4 Å². The molecule has 1 unspecified atom stereocenters. The number of amides is 2. The summed E-state index contributed by atoms with van der Waals surface area (Å²) in [6.07, 6.45) is 6.96. The fourth-order valence-electron chi connectivity index (χ4n) is 3.96. The maximum atomic E-state index is 12.9. The van der Waals surface area contributed by atoms with Gasteiger partial charge < -0.3 is 29.4 Å². The molecule has 2 N–H and O–H groups in total. The number of rotatable bonds is 19. The Bertz CT molecular complexity index is 1140. The van der Waals surface area contributed by atoms with Gasteiger partial charge in [-0.1, -0.05) is 33.1 Å². The average molecular weight is 590 g/mol. The van der Waals surface area contributed by atoms with Crippen molar-refractivity contribution in [3.63, 3.8) is 0 Å². The van der Waals surface area contributed by atoms with E-state index in [1.807, 2.05) is 12.1 Å². The van der Waals surface area contributed by atoms with Crippen LogP contribution in [0, 0.1) is 11.8 Å². The van der Waals surface area contributed by atoms with Gasteiger partial charge in [0.25, 0.3) is 11.8 Å². The molecular weight excluding hydrogens is 546 g/mol. The number of nitrogens with zero attached hydrogens (tertiary/aromatic N) is 1. The molecule has 0 aliphatic heterocycles. The molecule has 3 rings (SSSR count). The molecule has 1 aliphatic rings. The second-order valence-electron chi connectivity index (χ2n) is 10.5. The van der Waals surface area contributed by atoms with Gasteiger partial charge in [0.05, 0.1) is 37.4 Å². The number of anilines is 1. The van der Waals surface area contributed by atoms with Crippen molar-refractivity contribution < 1.29 is 33.1 Å². The predicted molar refractivity (Wildman–Crippen MR) is 157 cm³/mol. The number of nitrogens with one attached hydrogen (secondary N) is 2. The van der Waals surface area contributed by atoms with Gasteiger partial charge in [-0.2, -0.15) is 0 Å². The lowest BCUT2D eigenvalue weighted by atomic mass is 10.0. The first kappa shape index (κ1) is 32.3. The van der Waals surface area contributed by atoms with Gasteiger partial charge in [0, 0.05) is 17.6 Å². The zero-order chi connectivity index (χ0) is 29.6. The molecule has 1 heterocycles. The lowest BCUT2D eigenvalue weighted by Gasteiger charge is -2.15. The van der Waals surface area contributed by atoms with E-state index < -0.39 is 5.91 Å². The third kappa shape index (κ3) is 12.0. The quantitative estimate of drug-likeness (QED) is 0.153. The molecule has 0 radical (unpaired) electrons. The van der Waals surface area contributed by atoms with E-state index >= 15 is 0 Å². The van der Waals surface area contributed by atoms with Crippen molar-refractivity contribution in [1.82, 2.24) is 10.5 Å². The van der Waals surface area contributed by atoms with E-state index in [4.69, 9.17) is 18.7 Å². The molecular formula is C30H43N3O7S. The van der Waals surface area contributed by atoms with E-state index in [1.165, 1.54) is 37.6 Å². The molecule has 2 aromatic rings. The van der Waals surface area contributed by atoms with E-state index in [0.29, 0.717) is 42.2 Å². The second kappa shape index (κ2) is 16.9. The minimum Gasteiger partial charge on any atom is -0.493 e. The van der Waals surface area contributed by atoms with Crippen LogP contribution in [0.5, 0.6) is 11.6 Å². The number of hydrogen-bond donors (Lipinski definition) is 2. The molecule has 2 atom stereocenters. The van der Waals surface area contributed by atoms with Crippen LogP contribution in [-0.4, -0.2) is 54.6 Å². The SMILES string of the molecule is CCCCC(CC)COC(=O)CCSc1cc(OCC2CC2)ccc1NC(=O)c1cc(OC[C@H](C)NC(C)=O)no1. The third-order valence-corrected chi connectivity index (χ3v) is 7.67. The first-order chi connectivity index (χ1) is 19.8. The molecule has 41 heavy (non-hydrogen) atoms. The monoisotopic (exact) mass is 589 g/mol. The number of carbonyl (C=O) groups is 3. The number of unbranched alkanes of at least 4 members (excludes halogenated alkanes) is 1. The van der Waals surface area contributed by atoms with Gasteiger partial charge in [-0.3, -0.25) is 14.4 Å². The maximum absolute atomic E-state index is 12.9. The molecule has 1 saturated carbocycles. The van der Waals surface area contributed by atoms with Gasteiger partial charge in [-0.05, 0) is 61.4 Å². The van der Waals surface area contributed by atoms with Gasteiger partial charge >= 0.3 is 5.97 Å². The van der Waals surface area contributed by atoms with Crippen LogP contribution in [0.25, 0.3) is 0 Å². The Labute approximate surface area is 246 Å². The highest BCUT2D eigenvalue weighted by molar-refractivity contribution is 7.99. The van der Waals surface area contributed by atoms with Gasteiger partial charge in [-0.25, -0.2) is 0 Å². The summed E-state index contributed by atoms with van der Waals surface area (Å²) in [5.74, 6) is 1.46. The maximum Gasteiger partial charge on any atom is 0.306 e. The molecule has 1 aliphatic carbocycles. The highest BCUT2D eigenvalue weighted by Gasteiger charge is 2.22. The van der Waals surface area contributed by atoms with Gasteiger partial charge in [0.15, 0.2) is 0 Å². The van der Waals surface area contributed by atoms with Crippen molar-refractivity contribution in [2.45, 2.75) is 83.6 Å². The van der Waals surface area contributed by atoms with E-state index in [-0.39, 0.29) is 42.6 Å². The average Bonchev–Trinajstić information content (AvgIpc) is 3.65. The molecule has 1 aromatic carbocycles. The summed E-state index contributed by atoms with van der Waals surface area (Å²) in [5.41, 5.74) is 0.566. The summed E-state index contributed by atoms with van der Waals surface area (Å²) in [4.78, 5) is 37.3. The van der Waals surface area contributed by atoms with Crippen LogP contribution in [0.15, 0.2) is 33.7 Å². The number of esters is 1. The number of ether oxygens (including phenoxy) is 3. The van der Waals surface area contributed by atoms with E-state index in [2.05, 4.69) is 29.6 Å². The molecule has 1 aromatic heterocycles. The summed E-state index contributed by atoms with van der Waals surface area (Å²) in [6, 6.07) is 6.65. The summed E-state index contributed by atoms with van der Waals surface area (Å²) in [6.45, 7) is 8.81. The minimum absolute atomic E-state index is 0.0191. The molecule has 0 bridgehead atoms. The van der Waals surface area contributed by atoms with Crippen molar-refractivity contribution in [2.24, 2.45) is 11.8 Å². The number of thioether (sulfide) groups is 1.